The van der Waals surface area contributed by atoms with Crippen LogP contribution in [0.25, 0.3) is 22.3 Å². The number of carboxylic acid groups (broad SMARTS) is 1. The Bertz CT molecular complexity index is 1980. The van der Waals surface area contributed by atoms with Crippen molar-refractivity contribution in [1.29, 1.82) is 0 Å². The number of carboxylic acids is 1. The van der Waals surface area contributed by atoms with Crippen molar-refractivity contribution >= 4 is 39.3 Å². The van der Waals surface area contributed by atoms with Gasteiger partial charge >= 0.3 is 5.97 Å². The van der Waals surface area contributed by atoms with Gasteiger partial charge in [-0.15, -0.1) is 0 Å². The van der Waals surface area contributed by atoms with Crippen LogP contribution in [0.3, 0.4) is 0 Å². The van der Waals surface area contributed by atoms with Crippen LogP contribution in [0.5, 0.6) is 17.2 Å². The lowest BCUT2D eigenvalue weighted by Crippen LogP contribution is -2.32. The molecule has 0 aliphatic carbocycles. The van der Waals surface area contributed by atoms with E-state index in [0.717, 1.165) is 11.6 Å². The second-order valence-corrected chi connectivity index (χ2v) is 12.4. The van der Waals surface area contributed by atoms with Crippen molar-refractivity contribution in [3.63, 3.8) is 0 Å². The number of halogens is 4. The summed E-state index contributed by atoms with van der Waals surface area (Å²) in [5, 5.41) is 9.81. The summed E-state index contributed by atoms with van der Waals surface area (Å²) in [4.78, 5) is 21.4. The largest absolute Gasteiger partial charge is 0.493 e. The number of imidazole rings is 1. The summed E-state index contributed by atoms with van der Waals surface area (Å²) in [6.07, 6.45) is 4.96. The predicted molar refractivity (Wildman–Crippen MR) is 159 cm³/mol. The molecular weight excluding hydrogens is 619 g/mol. The number of aromatic amines is 2. The SMILES string of the molecule is CS(=O)c1c(Oc2ccc(F)c(-c3ncc([C@]4(C)CCOc5c(CCC(=O)O)cc(Cl)cc54)[nH]3)c2)c(F)c(F)c2[nH]ccc12. The van der Waals surface area contributed by atoms with Gasteiger partial charge in [-0.3, -0.25) is 9.00 Å². The highest BCUT2D eigenvalue weighted by Gasteiger charge is 2.38. The van der Waals surface area contributed by atoms with Gasteiger partial charge in [0.2, 0.25) is 5.82 Å². The molecule has 1 aliphatic heterocycles. The lowest BCUT2D eigenvalue weighted by atomic mass is 9.74. The van der Waals surface area contributed by atoms with Gasteiger partial charge in [0.15, 0.2) is 11.6 Å². The number of nitrogens with one attached hydrogen (secondary N) is 2. The first kappa shape index (κ1) is 29.8. The van der Waals surface area contributed by atoms with Crippen LogP contribution in [0.2, 0.25) is 5.02 Å². The van der Waals surface area contributed by atoms with Crippen LogP contribution in [0.1, 0.15) is 36.6 Å². The number of carbonyl (C=O) groups is 1. The van der Waals surface area contributed by atoms with Gasteiger partial charge in [-0.05, 0) is 61.7 Å². The molecule has 44 heavy (non-hydrogen) atoms. The van der Waals surface area contributed by atoms with E-state index in [1.807, 2.05) is 6.92 Å². The summed E-state index contributed by atoms with van der Waals surface area (Å²) >= 11 is 6.43. The quantitative estimate of drug-likeness (QED) is 0.164. The number of fused-ring (bicyclic) bond motifs is 2. The second-order valence-electron chi connectivity index (χ2n) is 10.7. The van der Waals surface area contributed by atoms with Crippen molar-refractivity contribution in [2.24, 2.45) is 0 Å². The average molecular weight is 644 g/mol. The number of ether oxygens (including phenoxy) is 2. The van der Waals surface area contributed by atoms with Gasteiger partial charge in [0, 0.05) is 52.2 Å². The molecule has 3 heterocycles. The van der Waals surface area contributed by atoms with E-state index in [0.29, 0.717) is 35.1 Å². The smallest absolute Gasteiger partial charge is 0.303 e. The molecule has 3 aromatic carbocycles. The van der Waals surface area contributed by atoms with Crippen LogP contribution >= 0.6 is 11.6 Å². The highest BCUT2D eigenvalue weighted by molar-refractivity contribution is 7.84. The zero-order chi connectivity index (χ0) is 31.3. The first-order chi connectivity index (χ1) is 21.0. The van der Waals surface area contributed by atoms with E-state index in [1.54, 1.807) is 18.3 Å². The van der Waals surface area contributed by atoms with Crippen molar-refractivity contribution in [3.8, 4) is 28.6 Å². The molecule has 2 aromatic heterocycles. The number of nitrogens with zero attached hydrogens (tertiary/aromatic N) is 1. The monoisotopic (exact) mass is 643 g/mol. The number of aliphatic carboxylic acids is 1. The molecule has 0 saturated heterocycles. The summed E-state index contributed by atoms with van der Waals surface area (Å²) in [5.41, 5.74) is 1.21. The van der Waals surface area contributed by atoms with Gasteiger partial charge in [-0.1, -0.05) is 11.6 Å². The van der Waals surface area contributed by atoms with Crippen LogP contribution in [-0.4, -0.2) is 43.1 Å². The molecule has 0 amide bonds. The predicted octanol–water partition coefficient (Wildman–Crippen LogP) is 7.26. The minimum atomic E-state index is -1.75. The van der Waals surface area contributed by atoms with Crippen LogP contribution in [0.15, 0.2) is 53.7 Å². The first-order valence-electron chi connectivity index (χ1n) is 13.5. The maximum atomic E-state index is 15.2. The van der Waals surface area contributed by atoms with E-state index in [1.165, 1.54) is 30.7 Å². The van der Waals surface area contributed by atoms with Crippen molar-refractivity contribution in [2.45, 2.75) is 36.5 Å². The fraction of sp³-hybridized carbons (Fsp3) is 0.226. The number of hydrogen-bond acceptors (Lipinski definition) is 5. The third-order valence-electron chi connectivity index (χ3n) is 7.86. The Morgan fingerprint density at radius 2 is 2.00 bits per heavy atom. The van der Waals surface area contributed by atoms with Gasteiger partial charge < -0.3 is 24.5 Å². The normalized spacial score (nSPS) is 16.9. The van der Waals surface area contributed by atoms with E-state index in [4.69, 9.17) is 21.1 Å². The first-order valence-corrected chi connectivity index (χ1v) is 15.4. The minimum absolute atomic E-state index is 0.000600. The zero-order valence-corrected chi connectivity index (χ0v) is 25.0. The van der Waals surface area contributed by atoms with E-state index in [2.05, 4.69) is 15.0 Å². The number of rotatable bonds is 8. The van der Waals surface area contributed by atoms with Gasteiger partial charge in [-0.2, -0.15) is 4.39 Å². The van der Waals surface area contributed by atoms with Crippen molar-refractivity contribution in [1.82, 2.24) is 15.0 Å². The zero-order valence-electron chi connectivity index (χ0n) is 23.4. The summed E-state index contributed by atoms with van der Waals surface area (Å²) in [6.45, 7) is 2.30. The standard InChI is InChI=1S/C31H25ClF3N3O5S/c1-31(8-10-42-27-15(3-6-23(39)40)11-16(32)12-20(27)31)22-14-37-30(38-22)19-13-17(4-5-21(19)33)43-28-25(35)24(34)26-18(7-9-36-26)29(28)44(2)41/h4-5,7,9,11-14,36H,3,6,8,10H2,1-2H3,(H,37,38)(H,39,40)/t31-,44?/m1/s1. The van der Waals surface area contributed by atoms with Crippen molar-refractivity contribution < 1.29 is 36.8 Å². The molecule has 0 radical (unpaired) electrons. The number of aryl methyl sites for hydroxylation is 1. The molecule has 1 aliphatic rings. The van der Waals surface area contributed by atoms with Crippen LogP contribution < -0.4 is 9.47 Å². The van der Waals surface area contributed by atoms with E-state index in [9.17, 15) is 18.5 Å². The van der Waals surface area contributed by atoms with Crippen molar-refractivity contribution in [3.05, 3.63) is 88.1 Å². The average Bonchev–Trinajstić information content (AvgIpc) is 3.67. The van der Waals surface area contributed by atoms with Crippen LogP contribution in [0, 0.1) is 17.5 Å². The topological polar surface area (TPSA) is 117 Å². The lowest BCUT2D eigenvalue weighted by Gasteiger charge is -2.36. The Hall–Kier alpha value is -4.29. The highest BCUT2D eigenvalue weighted by Crippen LogP contribution is 2.46. The summed E-state index contributed by atoms with van der Waals surface area (Å²) < 4.78 is 69.4. The summed E-state index contributed by atoms with van der Waals surface area (Å²) in [5.74, 6) is -4.00. The molecule has 5 aromatic rings. The molecule has 13 heteroatoms. The Labute approximate surface area is 256 Å². The molecule has 0 fully saturated rings. The number of aromatic nitrogens is 3. The highest BCUT2D eigenvalue weighted by atomic mass is 35.5. The summed E-state index contributed by atoms with van der Waals surface area (Å²) in [7, 11) is -1.75. The molecule has 0 spiro atoms. The maximum Gasteiger partial charge on any atom is 0.303 e. The fourth-order valence-electron chi connectivity index (χ4n) is 5.58. The number of H-pyrrole nitrogens is 2. The van der Waals surface area contributed by atoms with Crippen LogP contribution in [0.4, 0.5) is 13.2 Å². The van der Waals surface area contributed by atoms with Crippen LogP contribution in [-0.2, 0) is 27.4 Å². The number of benzene rings is 3. The van der Waals surface area contributed by atoms with E-state index < -0.39 is 45.4 Å². The Balaban J connectivity index is 1.38. The molecule has 0 bridgehead atoms. The summed E-state index contributed by atoms with van der Waals surface area (Å²) in [6, 6.07) is 8.58. The van der Waals surface area contributed by atoms with Crippen molar-refractivity contribution in [2.75, 3.05) is 12.9 Å². The Morgan fingerprint density at radius 1 is 1.20 bits per heavy atom. The second kappa shape index (κ2) is 11.3. The number of hydrogen-bond donors (Lipinski definition) is 3. The van der Waals surface area contributed by atoms with Gasteiger partial charge in [0.05, 0.1) is 33.4 Å². The van der Waals surface area contributed by atoms with E-state index >= 15 is 8.78 Å². The molecule has 6 rings (SSSR count). The maximum absolute atomic E-state index is 15.2. The van der Waals surface area contributed by atoms with E-state index in [-0.39, 0.29) is 45.8 Å². The molecular formula is C31H25ClF3N3O5S. The van der Waals surface area contributed by atoms with Gasteiger partial charge in [0.1, 0.15) is 23.1 Å². The molecule has 1 unspecified atom stereocenters. The Kier molecular flexibility index (Phi) is 7.66. The third-order valence-corrected chi connectivity index (χ3v) is 9.06. The van der Waals surface area contributed by atoms with Gasteiger partial charge in [-0.25, -0.2) is 13.8 Å². The molecule has 2 atom stereocenters. The molecule has 8 nitrogen and oxygen atoms in total. The fourth-order valence-corrected chi connectivity index (χ4v) is 6.70. The molecule has 3 N–H and O–H groups in total. The molecule has 228 valence electrons. The lowest BCUT2D eigenvalue weighted by molar-refractivity contribution is -0.136. The molecule has 0 saturated carbocycles. The minimum Gasteiger partial charge on any atom is -0.493 e. The third kappa shape index (κ3) is 5.11. The van der Waals surface area contributed by atoms with Gasteiger partial charge in [0.25, 0.3) is 0 Å². The Morgan fingerprint density at radius 3 is 2.75 bits per heavy atom.